The van der Waals surface area contributed by atoms with Crippen molar-refractivity contribution >= 4 is 23.5 Å². The fourth-order valence-corrected chi connectivity index (χ4v) is 6.35. The molecule has 182 valence electrons. The van der Waals surface area contributed by atoms with Crippen LogP contribution in [0.3, 0.4) is 0 Å². The van der Waals surface area contributed by atoms with Crippen LogP contribution in [0.25, 0.3) is 0 Å². The molecule has 6 rings (SSSR count). The number of anilines is 3. The number of ether oxygens (including phenoxy) is 1. The Morgan fingerprint density at radius 2 is 1.91 bits per heavy atom. The van der Waals surface area contributed by atoms with E-state index in [1.165, 1.54) is 12.0 Å². The summed E-state index contributed by atoms with van der Waals surface area (Å²) in [4.78, 5) is 33.5. The van der Waals surface area contributed by atoms with Crippen LogP contribution in [0.4, 0.5) is 22.2 Å². The van der Waals surface area contributed by atoms with Gasteiger partial charge in [-0.05, 0) is 58.6 Å². The van der Waals surface area contributed by atoms with Crippen molar-refractivity contribution in [2.24, 2.45) is 0 Å². The van der Waals surface area contributed by atoms with E-state index in [1.54, 1.807) is 18.6 Å². The van der Waals surface area contributed by atoms with Crippen LogP contribution in [-0.2, 0) is 10.2 Å². The minimum absolute atomic E-state index is 0.0117. The van der Waals surface area contributed by atoms with Gasteiger partial charge in [-0.25, -0.2) is 19.7 Å². The van der Waals surface area contributed by atoms with E-state index < -0.39 is 5.60 Å². The molecule has 0 N–H and O–H groups in total. The third-order valence-electron chi connectivity index (χ3n) is 7.99. The summed E-state index contributed by atoms with van der Waals surface area (Å²) in [7, 11) is 0. The predicted molar refractivity (Wildman–Crippen MR) is 131 cm³/mol. The van der Waals surface area contributed by atoms with E-state index in [0.29, 0.717) is 12.1 Å². The number of nitriles is 1. The molecule has 2 atom stereocenters. The zero-order chi connectivity index (χ0) is 24.4. The molecule has 0 bridgehead atoms. The number of hydrogen-bond donors (Lipinski definition) is 0. The third-order valence-corrected chi connectivity index (χ3v) is 7.99. The van der Waals surface area contributed by atoms with Crippen LogP contribution in [0, 0.1) is 11.3 Å². The minimum Gasteiger partial charge on any atom is -0.444 e. The molecule has 0 unspecified atom stereocenters. The van der Waals surface area contributed by atoms with Crippen LogP contribution in [-0.4, -0.2) is 63.3 Å². The van der Waals surface area contributed by atoms with Crippen molar-refractivity contribution in [1.29, 1.82) is 5.26 Å². The van der Waals surface area contributed by atoms with Gasteiger partial charge in [0.05, 0.1) is 23.7 Å². The molecule has 4 aliphatic rings. The van der Waals surface area contributed by atoms with Crippen molar-refractivity contribution in [2.75, 3.05) is 29.4 Å². The van der Waals surface area contributed by atoms with Crippen LogP contribution in [0.15, 0.2) is 24.7 Å². The fourth-order valence-electron chi connectivity index (χ4n) is 6.35. The van der Waals surface area contributed by atoms with Gasteiger partial charge in [-0.2, -0.15) is 5.26 Å². The monoisotopic (exact) mass is 473 g/mol. The summed E-state index contributed by atoms with van der Waals surface area (Å²) < 4.78 is 5.69. The smallest absolute Gasteiger partial charge is 0.410 e. The van der Waals surface area contributed by atoms with Crippen LogP contribution in [0.2, 0.25) is 0 Å². The van der Waals surface area contributed by atoms with E-state index in [0.717, 1.165) is 56.2 Å². The number of likely N-dealkylation sites (tertiary alicyclic amines) is 1. The van der Waals surface area contributed by atoms with Gasteiger partial charge in [-0.1, -0.05) is 6.42 Å². The Morgan fingerprint density at radius 3 is 2.63 bits per heavy atom. The lowest BCUT2D eigenvalue weighted by molar-refractivity contribution is 0.0228. The molecule has 3 fully saturated rings. The summed E-state index contributed by atoms with van der Waals surface area (Å²) in [5.74, 6) is 2.67. The van der Waals surface area contributed by atoms with Crippen molar-refractivity contribution in [3.8, 4) is 6.07 Å². The Bertz CT molecular complexity index is 1210. The van der Waals surface area contributed by atoms with Crippen molar-refractivity contribution < 1.29 is 9.53 Å². The first kappa shape index (κ1) is 22.1. The Kier molecular flexibility index (Phi) is 4.92. The molecule has 1 amide bonds. The van der Waals surface area contributed by atoms with E-state index >= 15 is 0 Å². The molecule has 0 aromatic carbocycles. The van der Waals surface area contributed by atoms with Crippen molar-refractivity contribution in [2.45, 2.75) is 76.0 Å². The summed E-state index contributed by atoms with van der Waals surface area (Å²) in [6, 6.07) is 6.16. The zero-order valence-electron chi connectivity index (χ0n) is 20.6. The first-order valence-corrected chi connectivity index (χ1v) is 12.6. The van der Waals surface area contributed by atoms with Gasteiger partial charge in [0.15, 0.2) is 0 Å². The Morgan fingerprint density at radius 1 is 1.14 bits per heavy atom. The summed E-state index contributed by atoms with van der Waals surface area (Å²) in [5, 5.41) is 9.39. The highest BCUT2D eigenvalue weighted by molar-refractivity contribution is 5.75. The highest BCUT2D eigenvalue weighted by atomic mass is 16.6. The van der Waals surface area contributed by atoms with Gasteiger partial charge in [-0.3, -0.25) is 0 Å². The number of carbonyl (C=O) groups is 1. The molecular weight excluding hydrogens is 442 g/mol. The number of amides is 1. The molecule has 3 aliphatic heterocycles. The molecule has 9 nitrogen and oxygen atoms in total. The van der Waals surface area contributed by atoms with E-state index in [4.69, 9.17) is 14.7 Å². The van der Waals surface area contributed by atoms with Crippen molar-refractivity contribution in [3.63, 3.8) is 0 Å². The first-order chi connectivity index (χ1) is 16.8. The van der Waals surface area contributed by atoms with Crippen LogP contribution in [0.5, 0.6) is 0 Å². The number of pyridine rings is 1. The number of nitrogens with zero attached hydrogens (tertiary/aromatic N) is 7. The molecule has 2 saturated heterocycles. The topological polar surface area (TPSA) is 98.5 Å². The van der Waals surface area contributed by atoms with Crippen molar-refractivity contribution in [3.05, 3.63) is 35.8 Å². The molecule has 1 saturated carbocycles. The number of hydrogen-bond acceptors (Lipinski definition) is 8. The van der Waals surface area contributed by atoms with Crippen molar-refractivity contribution in [1.82, 2.24) is 19.9 Å². The molecule has 35 heavy (non-hydrogen) atoms. The van der Waals surface area contributed by atoms with E-state index in [2.05, 4.69) is 20.9 Å². The van der Waals surface area contributed by atoms with Crippen LogP contribution in [0.1, 0.15) is 64.0 Å². The molecular formula is C26H31N7O2. The Hall–Kier alpha value is -3.41. The maximum Gasteiger partial charge on any atom is 0.410 e. The van der Waals surface area contributed by atoms with Gasteiger partial charge < -0.3 is 19.4 Å². The Labute approximate surface area is 205 Å². The molecule has 1 aliphatic carbocycles. The number of fused-ring (bicyclic) bond motifs is 3. The third kappa shape index (κ3) is 3.49. The maximum absolute atomic E-state index is 12.9. The Balaban J connectivity index is 1.34. The number of aromatic nitrogens is 3. The first-order valence-electron chi connectivity index (χ1n) is 12.6. The van der Waals surface area contributed by atoms with Gasteiger partial charge in [0.2, 0.25) is 0 Å². The second kappa shape index (κ2) is 7.80. The summed E-state index contributed by atoms with van der Waals surface area (Å²) in [6.07, 6.45) is 8.32. The fraction of sp³-hybridized carbons (Fsp3) is 0.577. The van der Waals surface area contributed by atoms with E-state index in [-0.39, 0.29) is 23.6 Å². The molecule has 1 spiro atoms. The van der Waals surface area contributed by atoms with E-state index in [9.17, 15) is 10.1 Å². The SMILES string of the molecule is CC(C)(C)OC(=O)N1CC[C@H]2[C@@H]1CCN2c1ncnc2c1C1(CCC1)CN2c1cc(C#N)ccn1. The highest BCUT2D eigenvalue weighted by Gasteiger charge is 2.53. The molecule has 2 aromatic rings. The number of carbonyl (C=O) groups excluding carboxylic acids is 1. The van der Waals surface area contributed by atoms with Crippen LogP contribution >= 0.6 is 0 Å². The van der Waals surface area contributed by atoms with Gasteiger partial charge in [0.25, 0.3) is 0 Å². The average Bonchev–Trinajstić information content (AvgIpc) is 3.49. The molecule has 5 heterocycles. The molecule has 0 radical (unpaired) electrons. The maximum atomic E-state index is 12.9. The van der Waals surface area contributed by atoms with Gasteiger partial charge in [0, 0.05) is 36.8 Å². The van der Waals surface area contributed by atoms with Gasteiger partial charge in [0.1, 0.15) is 29.4 Å². The zero-order valence-corrected chi connectivity index (χ0v) is 20.6. The lowest BCUT2D eigenvalue weighted by atomic mass is 9.66. The summed E-state index contributed by atoms with van der Waals surface area (Å²) in [5.41, 5.74) is 1.32. The minimum atomic E-state index is -0.502. The average molecular weight is 474 g/mol. The van der Waals surface area contributed by atoms with Gasteiger partial charge >= 0.3 is 6.09 Å². The van der Waals surface area contributed by atoms with Gasteiger partial charge in [-0.15, -0.1) is 0 Å². The lowest BCUT2D eigenvalue weighted by Crippen LogP contribution is -2.43. The lowest BCUT2D eigenvalue weighted by Gasteiger charge is -2.40. The predicted octanol–water partition coefficient (Wildman–Crippen LogP) is 3.90. The van der Waals surface area contributed by atoms with Crippen LogP contribution < -0.4 is 9.80 Å². The standard InChI is InChI=1S/C26H31N7O2/c1-25(2,3)35-24(34)32-12-7-18-19(32)6-11-31(18)22-21-23(30-16-29-22)33(15-26(21)8-4-9-26)20-13-17(14-27)5-10-28-20/h5,10,13,16,18-19H,4,6-9,11-12,15H2,1-3H3/t18-,19-/m0/s1. The van der Waals surface area contributed by atoms with E-state index in [1.807, 2.05) is 31.7 Å². The second-order valence-corrected chi connectivity index (χ2v) is 11.2. The number of rotatable bonds is 2. The second-order valence-electron chi connectivity index (χ2n) is 11.2. The summed E-state index contributed by atoms with van der Waals surface area (Å²) in [6.45, 7) is 8.10. The summed E-state index contributed by atoms with van der Waals surface area (Å²) >= 11 is 0. The largest absolute Gasteiger partial charge is 0.444 e. The highest BCUT2D eigenvalue weighted by Crippen LogP contribution is 2.56. The molecule has 9 heteroatoms. The normalized spacial score (nSPS) is 24.2. The quantitative estimate of drug-likeness (QED) is 0.648. The molecule has 2 aromatic heterocycles.